The van der Waals surface area contributed by atoms with Gasteiger partial charge in [-0.25, -0.2) is 8.42 Å². The van der Waals surface area contributed by atoms with E-state index in [2.05, 4.69) is 4.74 Å². The second-order valence-corrected chi connectivity index (χ2v) is 5.40. The summed E-state index contributed by atoms with van der Waals surface area (Å²) < 4.78 is 29.1. The molecule has 15 heavy (non-hydrogen) atoms. The van der Waals surface area contributed by atoms with Gasteiger partial charge in [-0.1, -0.05) is 0 Å². The van der Waals surface area contributed by atoms with Gasteiger partial charge in [0.15, 0.2) is 5.75 Å². The van der Waals surface area contributed by atoms with Crippen LogP contribution < -0.4 is 5.73 Å². The Morgan fingerprint density at radius 1 is 1.60 bits per heavy atom. The van der Waals surface area contributed by atoms with E-state index in [1.54, 1.807) is 0 Å². The third-order valence-corrected chi connectivity index (χ3v) is 4.28. The van der Waals surface area contributed by atoms with E-state index in [0.717, 1.165) is 12.8 Å². The Kier molecular flexibility index (Phi) is 4.06. The van der Waals surface area contributed by atoms with Gasteiger partial charge in [-0.3, -0.25) is 4.79 Å². The Balaban J connectivity index is 2.72. The number of hydrogen-bond acceptors (Lipinski definition) is 5. The van der Waals surface area contributed by atoms with Crippen LogP contribution in [0.1, 0.15) is 12.8 Å². The molecule has 0 amide bonds. The monoisotopic (exact) mass is 236 g/mol. The number of hydrogen-bond donors (Lipinski definition) is 1. The van der Waals surface area contributed by atoms with Crippen LogP contribution in [-0.2, 0) is 19.6 Å². The highest BCUT2D eigenvalue weighted by Gasteiger charge is 2.34. The summed E-state index contributed by atoms with van der Waals surface area (Å²) in [6, 6.07) is -0.167. The molecule has 1 fully saturated rings. The Hall–Kier alpha value is -0.660. The molecule has 88 valence electrons. The van der Waals surface area contributed by atoms with Crippen molar-refractivity contribution >= 4 is 16.0 Å². The molecule has 1 aliphatic heterocycles. The van der Waals surface area contributed by atoms with Gasteiger partial charge in [0.05, 0.1) is 7.11 Å². The van der Waals surface area contributed by atoms with E-state index in [1.807, 2.05) is 0 Å². The number of nitrogens with zero attached hydrogens (tertiary/aromatic N) is 1. The molecule has 0 aromatic carbocycles. The number of sulfonamides is 1. The first-order chi connectivity index (χ1) is 7.01. The zero-order chi connectivity index (χ0) is 11.5. The van der Waals surface area contributed by atoms with Crippen molar-refractivity contribution in [2.75, 3.05) is 26.0 Å². The molecule has 0 saturated carbocycles. The fourth-order valence-corrected chi connectivity index (χ4v) is 3.34. The average molecular weight is 236 g/mol. The van der Waals surface area contributed by atoms with Gasteiger partial charge in [0, 0.05) is 19.1 Å². The van der Waals surface area contributed by atoms with Crippen LogP contribution in [0.2, 0.25) is 0 Å². The van der Waals surface area contributed by atoms with Crippen molar-refractivity contribution in [3.8, 4) is 0 Å². The summed E-state index contributed by atoms with van der Waals surface area (Å²) >= 11 is 0. The molecule has 0 aliphatic carbocycles. The van der Waals surface area contributed by atoms with Crippen molar-refractivity contribution in [1.82, 2.24) is 4.31 Å². The lowest BCUT2D eigenvalue weighted by Crippen LogP contribution is -2.42. The van der Waals surface area contributed by atoms with Crippen molar-refractivity contribution in [2.24, 2.45) is 5.73 Å². The smallest absolute Gasteiger partial charge is 0.322 e. The molecule has 1 unspecified atom stereocenters. The van der Waals surface area contributed by atoms with E-state index in [4.69, 9.17) is 5.73 Å². The first-order valence-electron chi connectivity index (χ1n) is 4.77. The van der Waals surface area contributed by atoms with Crippen molar-refractivity contribution in [1.29, 1.82) is 0 Å². The van der Waals surface area contributed by atoms with Crippen LogP contribution in [0, 0.1) is 0 Å². The lowest BCUT2D eigenvalue weighted by Gasteiger charge is -2.21. The van der Waals surface area contributed by atoms with Crippen LogP contribution in [0.4, 0.5) is 0 Å². The van der Waals surface area contributed by atoms with E-state index >= 15 is 0 Å². The lowest BCUT2D eigenvalue weighted by atomic mass is 10.2. The summed E-state index contributed by atoms with van der Waals surface area (Å²) in [4.78, 5) is 10.9. The molecule has 0 aromatic rings. The van der Waals surface area contributed by atoms with E-state index in [-0.39, 0.29) is 6.04 Å². The number of nitrogens with two attached hydrogens (primary N) is 1. The zero-order valence-electron chi connectivity index (χ0n) is 8.68. The standard InChI is InChI=1S/C8H16N2O4S/c1-14-8(11)6-15(12,13)10-4-2-3-7(10)5-9/h7H,2-6,9H2,1H3. The van der Waals surface area contributed by atoms with Crippen molar-refractivity contribution in [2.45, 2.75) is 18.9 Å². The van der Waals surface area contributed by atoms with Crippen molar-refractivity contribution in [3.05, 3.63) is 0 Å². The summed E-state index contributed by atoms with van der Waals surface area (Å²) in [5.74, 6) is -1.34. The normalized spacial score (nSPS) is 22.9. The first kappa shape index (κ1) is 12.4. The van der Waals surface area contributed by atoms with E-state index < -0.39 is 21.7 Å². The molecule has 1 saturated heterocycles. The van der Waals surface area contributed by atoms with Gasteiger partial charge < -0.3 is 10.5 Å². The lowest BCUT2D eigenvalue weighted by molar-refractivity contribution is -0.137. The molecule has 1 aliphatic rings. The van der Waals surface area contributed by atoms with Crippen LogP contribution in [0.15, 0.2) is 0 Å². The highest BCUT2D eigenvalue weighted by molar-refractivity contribution is 7.89. The summed E-state index contributed by atoms with van der Waals surface area (Å²) in [6.45, 7) is 0.738. The number of esters is 1. The van der Waals surface area contributed by atoms with Crippen LogP contribution in [0.25, 0.3) is 0 Å². The minimum atomic E-state index is -3.55. The predicted octanol–water partition coefficient (Wildman–Crippen LogP) is -1.09. The molecule has 7 heteroatoms. The molecule has 0 radical (unpaired) electrons. The molecule has 1 heterocycles. The van der Waals surface area contributed by atoms with Gasteiger partial charge in [0.2, 0.25) is 10.0 Å². The number of carbonyl (C=O) groups is 1. The number of rotatable bonds is 4. The highest BCUT2D eigenvalue weighted by atomic mass is 32.2. The Labute approximate surface area is 89.4 Å². The van der Waals surface area contributed by atoms with Crippen LogP contribution in [-0.4, -0.2) is 50.7 Å². The molecule has 0 bridgehead atoms. The maximum Gasteiger partial charge on any atom is 0.322 e. The summed E-state index contributed by atoms with van der Waals surface area (Å²) in [5, 5.41) is 0. The van der Waals surface area contributed by atoms with Gasteiger partial charge in [0.1, 0.15) is 0 Å². The third-order valence-electron chi connectivity index (χ3n) is 2.48. The number of methoxy groups -OCH3 is 1. The minimum absolute atomic E-state index is 0.167. The summed E-state index contributed by atoms with van der Waals surface area (Å²) in [5.41, 5.74) is 5.46. The molecule has 6 nitrogen and oxygen atoms in total. The zero-order valence-corrected chi connectivity index (χ0v) is 9.50. The second-order valence-electron chi connectivity index (χ2n) is 3.47. The van der Waals surface area contributed by atoms with Gasteiger partial charge in [-0.05, 0) is 12.8 Å². The molecule has 0 spiro atoms. The van der Waals surface area contributed by atoms with E-state index in [1.165, 1.54) is 11.4 Å². The van der Waals surface area contributed by atoms with Crippen LogP contribution >= 0.6 is 0 Å². The molecule has 2 N–H and O–H groups in total. The highest BCUT2D eigenvalue weighted by Crippen LogP contribution is 2.20. The van der Waals surface area contributed by atoms with E-state index in [9.17, 15) is 13.2 Å². The minimum Gasteiger partial charge on any atom is -0.468 e. The van der Waals surface area contributed by atoms with Crippen molar-refractivity contribution < 1.29 is 17.9 Å². The predicted molar refractivity (Wildman–Crippen MR) is 54.6 cm³/mol. The third kappa shape index (κ3) is 2.90. The molecule has 0 aromatic heterocycles. The maximum absolute atomic E-state index is 11.7. The Bertz CT molecular complexity index is 328. The topological polar surface area (TPSA) is 89.7 Å². The van der Waals surface area contributed by atoms with Crippen molar-refractivity contribution in [3.63, 3.8) is 0 Å². The largest absolute Gasteiger partial charge is 0.468 e. The van der Waals surface area contributed by atoms with Gasteiger partial charge >= 0.3 is 5.97 Å². The fraction of sp³-hybridized carbons (Fsp3) is 0.875. The maximum atomic E-state index is 11.7. The number of ether oxygens (including phenoxy) is 1. The second kappa shape index (κ2) is 4.91. The van der Waals surface area contributed by atoms with Crippen LogP contribution in [0.5, 0.6) is 0 Å². The Morgan fingerprint density at radius 2 is 2.27 bits per heavy atom. The SMILES string of the molecule is COC(=O)CS(=O)(=O)N1CCCC1CN. The van der Waals surface area contributed by atoms with Gasteiger partial charge in [-0.2, -0.15) is 4.31 Å². The summed E-state index contributed by atoms with van der Waals surface area (Å²) in [7, 11) is -2.38. The fourth-order valence-electron chi connectivity index (χ4n) is 1.70. The quantitative estimate of drug-likeness (QED) is 0.627. The Morgan fingerprint density at radius 3 is 2.80 bits per heavy atom. The molecule has 1 rings (SSSR count). The molecule has 1 atom stereocenters. The van der Waals surface area contributed by atoms with Gasteiger partial charge in [0.25, 0.3) is 0 Å². The summed E-state index contributed by atoms with van der Waals surface area (Å²) in [6.07, 6.45) is 1.55. The molecular weight excluding hydrogens is 220 g/mol. The first-order valence-corrected chi connectivity index (χ1v) is 6.38. The molecular formula is C8H16N2O4S. The number of carbonyl (C=O) groups excluding carboxylic acids is 1. The van der Waals surface area contributed by atoms with E-state index in [0.29, 0.717) is 13.1 Å². The average Bonchev–Trinajstić information content (AvgIpc) is 2.65. The van der Waals surface area contributed by atoms with Gasteiger partial charge in [-0.15, -0.1) is 0 Å². The van der Waals surface area contributed by atoms with Crippen LogP contribution in [0.3, 0.4) is 0 Å².